The minimum atomic E-state index is -0.311. The molecule has 1 aromatic carbocycles. The van der Waals surface area contributed by atoms with Crippen molar-refractivity contribution < 1.29 is 4.52 Å². The van der Waals surface area contributed by atoms with Crippen LogP contribution in [0.4, 0.5) is 5.69 Å². The third kappa shape index (κ3) is 3.61. The number of hydrogen-bond donors (Lipinski definition) is 0. The Kier molecular flexibility index (Phi) is 5.04. The van der Waals surface area contributed by atoms with Gasteiger partial charge in [-0.3, -0.25) is 9.69 Å². The first kappa shape index (κ1) is 19.3. The normalized spacial score (nSPS) is 18.5. The number of piperazine rings is 1. The number of aromatic nitrogens is 4. The lowest BCUT2D eigenvalue weighted by Gasteiger charge is -2.38. The summed E-state index contributed by atoms with van der Waals surface area (Å²) in [6.45, 7) is 5.19. The zero-order valence-electron chi connectivity index (χ0n) is 16.7. The summed E-state index contributed by atoms with van der Waals surface area (Å²) in [5.41, 5.74) is 1.06. The predicted octanol–water partition coefficient (Wildman–Crippen LogP) is 3.03. The summed E-state index contributed by atoms with van der Waals surface area (Å²) in [5.74, 6) is 2.00. The van der Waals surface area contributed by atoms with Gasteiger partial charge in [0.15, 0.2) is 5.82 Å². The Hall–Kier alpha value is -2.71. The smallest absolute Gasteiger partial charge is 0.292 e. The Balaban J connectivity index is 1.28. The largest absolute Gasteiger partial charge is 0.366 e. The molecule has 0 radical (unpaired) electrons. The number of benzene rings is 1. The van der Waals surface area contributed by atoms with Crippen LogP contribution >= 0.6 is 11.6 Å². The molecular formula is C21H23ClN6O2. The van der Waals surface area contributed by atoms with Crippen molar-refractivity contribution in [1.82, 2.24) is 24.8 Å². The van der Waals surface area contributed by atoms with E-state index in [4.69, 9.17) is 16.1 Å². The molecule has 5 rings (SSSR count). The second kappa shape index (κ2) is 7.85. The Morgan fingerprint density at radius 1 is 1.13 bits per heavy atom. The monoisotopic (exact) mass is 426 g/mol. The minimum Gasteiger partial charge on any atom is -0.366 e. The second-order valence-electron chi connectivity index (χ2n) is 7.86. The van der Waals surface area contributed by atoms with E-state index in [-0.39, 0.29) is 16.6 Å². The SMILES string of the molecule is CC(c1nc(C2CC2)no1)N1CCN(c2cnn(-c3ccccc3)c(=O)c2Cl)CC1. The van der Waals surface area contributed by atoms with Gasteiger partial charge >= 0.3 is 0 Å². The molecule has 1 unspecified atom stereocenters. The van der Waals surface area contributed by atoms with Crippen molar-refractivity contribution in [2.75, 3.05) is 31.1 Å². The molecule has 2 fully saturated rings. The van der Waals surface area contributed by atoms with Gasteiger partial charge in [-0.25, -0.2) is 0 Å². The van der Waals surface area contributed by atoms with E-state index in [0.29, 0.717) is 23.2 Å². The highest BCUT2D eigenvalue weighted by Crippen LogP contribution is 2.38. The average molecular weight is 427 g/mol. The maximum atomic E-state index is 12.8. The molecule has 2 aliphatic rings. The number of anilines is 1. The molecule has 1 aliphatic carbocycles. The first-order chi connectivity index (χ1) is 14.6. The van der Waals surface area contributed by atoms with E-state index >= 15 is 0 Å². The summed E-state index contributed by atoms with van der Waals surface area (Å²) in [5, 5.41) is 8.66. The van der Waals surface area contributed by atoms with Gasteiger partial charge < -0.3 is 9.42 Å². The van der Waals surface area contributed by atoms with Crippen LogP contribution in [0.25, 0.3) is 5.69 Å². The molecule has 1 saturated heterocycles. The predicted molar refractivity (Wildman–Crippen MR) is 113 cm³/mol. The highest BCUT2D eigenvalue weighted by molar-refractivity contribution is 6.33. The highest BCUT2D eigenvalue weighted by Gasteiger charge is 2.32. The van der Waals surface area contributed by atoms with Crippen molar-refractivity contribution in [2.24, 2.45) is 0 Å². The van der Waals surface area contributed by atoms with Gasteiger partial charge in [0, 0.05) is 32.1 Å². The maximum Gasteiger partial charge on any atom is 0.292 e. The summed E-state index contributed by atoms with van der Waals surface area (Å²) in [6.07, 6.45) is 3.99. The molecule has 3 heterocycles. The number of halogens is 1. The molecule has 1 aliphatic heterocycles. The van der Waals surface area contributed by atoms with Crippen molar-refractivity contribution in [1.29, 1.82) is 0 Å². The fourth-order valence-electron chi connectivity index (χ4n) is 3.83. The fraction of sp³-hybridized carbons (Fsp3) is 0.429. The van der Waals surface area contributed by atoms with Crippen molar-refractivity contribution in [3.05, 3.63) is 63.6 Å². The second-order valence-corrected chi connectivity index (χ2v) is 8.24. The fourth-order valence-corrected chi connectivity index (χ4v) is 4.08. The van der Waals surface area contributed by atoms with Crippen LogP contribution in [0.5, 0.6) is 0 Å². The number of para-hydroxylation sites is 1. The van der Waals surface area contributed by atoms with Gasteiger partial charge in [-0.1, -0.05) is 35.0 Å². The lowest BCUT2D eigenvalue weighted by atomic mass is 10.2. The third-order valence-corrected chi connectivity index (χ3v) is 6.22. The standard InChI is InChI=1S/C21H23ClN6O2/c1-14(20-24-19(25-30-20)15-7-8-15)26-9-11-27(12-10-26)17-13-23-28(21(29)18(17)22)16-5-3-2-4-6-16/h2-6,13-15H,7-12H2,1H3. The zero-order chi connectivity index (χ0) is 20.7. The quantitative estimate of drug-likeness (QED) is 0.620. The maximum absolute atomic E-state index is 12.8. The molecule has 9 heteroatoms. The molecule has 0 N–H and O–H groups in total. The molecule has 1 saturated carbocycles. The Bertz CT molecular complexity index is 1090. The summed E-state index contributed by atoms with van der Waals surface area (Å²) in [4.78, 5) is 21.8. The van der Waals surface area contributed by atoms with Crippen molar-refractivity contribution in [3.8, 4) is 5.69 Å². The van der Waals surface area contributed by atoms with E-state index in [1.54, 1.807) is 6.20 Å². The molecule has 1 atom stereocenters. The lowest BCUT2D eigenvalue weighted by molar-refractivity contribution is 0.164. The first-order valence-electron chi connectivity index (χ1n) is 10.3. The molecule has 156 valence electrons. The first-order valence-corrected chi connectivity index (χ1v) is 10.7. The summed E-state index contributed by atoms with van der Waals surface area (Å²) >= 11 is 6.45. The van der Waals surface area contributed by atoms with Gasteiger partial charge in [-0.2, -0.15) is 14.8 Å². The van der Waals surface area contributed by atoms with E-state index in [9.17, 15) is 4.79 Å². The third-order valence-electron chi connectivity index (χ3n) is 5.86. The van der Waals surface area contributed by atoms with Crippen LogP contribution in [-0.4, -0.2) is 51.0 Å². The number of hydrogen-bond acceptors (Lipinski definition) is 7. The Morgan fingerprint density at radius 2 is 1.87 bits per heavy atom. The molecule has 3 aromatic rings. The molecular weight excluding hydrogens is 404 g/mol. The van der Waals surface area contributed by atoms with E-state index < -0.39 is 0 Å². The molecule has 0 spiro atoms. The Morgan fingerprint density at radius 3 is 2.57 bits per heavy atom. The van der Waals surface area contributed by atoms with Gasteiger partial charge in [0.25, 0.3) is 5.56 Å². The summed E-state index contributed by atoms with van der Waals surface area (Å²) < 4.78 is 6.82. The summed E-state index contributed by atoms with van der Waals surface area (Å²) in [6, 6.07) is 9.34. The van der Waals surface area contributed by atoms with Crippen LogP contribution in [-0.2, 0) is 0 Å². The van der Waals surface area contributed by atoms with E-state index in [1.807, 2.05) is 30.3 Å². The zero-order valence-corrected chi connectivity index (χ0v) is 17.5. The topological polar surface area (TPSA) is 80.3 Å². The molecule has 0 bridgehead atoms. The molecule has 2 aromatic heterocycles. The highest BCUT2D eigenvalue weighted by atomic mass is 35.5. The van der Waals surface area contributed by atoms with E-state index in [0.717, 1.165) is 44.8 Å². The average Bonchev–Trinajstić information content (AvgIpc) is 3.52. The van der Waals surface area contributed by atoms with Gasteiger partial charge in [-0.15, -0.1) is 0 Å². The minimum absolute atomic E-state index is 0.0619. The van der Waals surface area contributed by atoms with Crippen LogP contribution in [0.15, 0.2) is 45.8 Å². The van der Waals surface area contributed by atoms with Crippen LogP contribution in [0.3, 0.4) is 0 Å². The summed E-state index contributed by atoms with van der Waals surface area (Å²) in [7, 11) is 0. The van der Waals surface area contributed by atoms with Crippen molar-refractivity contribution in [2.45, 2.75) is 31.7 Å². The van der Waals surface area contributed by atoms with Gasteiger partial charge in [0.2, 0.25) is 5.89 Å². The van der Waals surface area contributed by atoms with E-state index in [1.165, 1.54) is 4.68 Å². The van der Waals surface area contributed by atoms with Crippen molar-refractivity contribution >= 4 is 17.3 Å². The van der Waals surface area contributed by atoms with Gasteiger partial charge in [0.05, 0.1) is 23.6 Å². The van der Waals surface area contributed by atoms with Crippen LogP contribution in [0.1, 0.15) is 43.4 Å². The number of nitrogens with zero attached hydrogens (tertiary/aromatic N) is 6. The lowest BCUT2D eigenvalue weighted by Crippen LogP contribution is -2.47. The van der Waals surface area contributed by atoms with E-state index in [2.05, 4.69) is 32.0 Å². The van der Waals surface area contributed by atoms with Gasteiger partial charge in [-0.05, 0) is 31.9 Å². The van der Waals surface area contributed by atoms with Crippen LogP contribution in [0.2, 0.25) is 5.02 Å². The Labute approximate surface area is 179 Å². The van der Waals surface area contributed by atoms with Crippen molar-refractivity contribution in [3.63, 3.8) is 0 Å². The molecule has 0 amide bonds. The molecule has 30 heavy (non-hydrogen) atoms. The van der Waals surface area contributed by atoms with Crippen LogP contribution in [0, 0.1) is 0 Å². The van der Waals surface area contributed by atoms with Gasteiger partial charge in [0.1, 0.15) is 5.02 Å². The molecule has 8 nitrogen and oxygen atoms in total. The van der Waals surface area contributed by atoms with Crippen LogP contribution < -0.4 is 10.5 Å². The number of rotatable bonds is 5.